The first kappa shape index (κ1) is 26.9. The van der Waals surface area contributed by atoms with Gasteiger partial charge in [-0.3, -0.25) is 9.59 Å². The van der Waals surface area contributed by atoms with Crippen molar-refractivity contribution in [1.82, 2.24) is 0 Å². The van der Waals surface area contributed by atoms with Gasteiger partial charge < -0.3 is 23.2 Å². The molecule has 2 aromatic rings. The molecule has 0 aliphatic carbocycles. The molecule has 0 aromatic heterocycles. The topological polar surface area (TPSA) is 151 Å². The maximum absolute atomic E-state index is 12.0. The number of hydrogen-bond acceptors (Lipinski definition) is 11. The molecule has 2 rings (SSSR count). The number of ketones is 2. The zero-order chi connectivity index (χ0) is 25.8. The molecule has 0 aliphatic heterocycles. The molecular weight excluding hydrogens is 490 g/mol. The highest BCUT2D eigenvalue weighted by molar-refractivity contribution is 7.86. The Morgan fingerprint density at radius 1 is 0.765 bits per heavy atom. The highest BCUT2D eigenvalue weighted by Crippen LogP contribution is 2.40. The van der Waals surface area contributed by atoms with Crippen LogP contribution in [0, 0.1) is 0 Å². The van der Waals surface area contributed by atoms with Crippen LogP contribution in [0.15, 0.2) is 24.3 Å². The van der Waals surface area contributed by atoms with Gasteiger partial charge in [0.05, 0.1) is 32.4 Å². The van der Waals surface area contributed by atoms with E-state index in [1.165, 1.54) is 52.3 Å². The van der Waals surface area contributed by atoms with Crippen LogP contribution in [0.5, 0.6) is 23.0 Å². The third-order valence-corrected chi connectivity index (χ3v) is 5.32. The Bertz CT molecular complexity index is 1230. The summed E-state index contributed by atoms with van der Waals surface area (Å²) in [6.45, 7) is 2.46. The number of hydrogen-bond donors (Lipinski definition) is 1. The summed E-state index contributed by atoms with van der Waals surface area (Å²) in [5.41, 5.74) is 0.681. The molecule has 0 amide bonds. The molecule has 0 atom stereocenters. The molecule has 1 N–H and O–H groups in total. The molecule has 0 saturated heterocycles. The average Bonchev–Trinajstić information content (AvgIpc) is 2.70. The van der Waals surface area contributed by atoms with Crippen molar-refractivity contribution in [3.05, 3.63) is 41.0 Å². The van der Waals surface area contributed by atoms with Crippen LogP contribution in [0.25, 0.3) is 0 Å². The lowest BCUT2D eigenvalue weighted by atomic mass is 10.1. The van der Waals surface area contributed by atoms with Crippen molar-refractivity contribution in [2.24, 2.45) is 0 Å². The molecule has 186 valence electrons. The van der Waals surface area contributed by atoms with E-state index in [-0.39, 0.29) is 63.5 Å². The molecule has 0 unspecified atom stereocenters. The van der Waals surface area contributed by atoms with Crippen LogP contribution in [0.2, 0.25) is 0 Å². The summed E-state index contributed by atoms with van der Waals surface area (Å²) in [5, 5.41) is 2.90. The van der Waals surface area contributed by atoms with Gasteiger partial charge in [-0.2, -0.15) is 16.8 Å². The third kappa shape index (κ3) is 7.09. The van der Waals surface area contributed by atoms with Gasteiger partial charge in [0.15, 0.2) is 28.8 Å². The highest BCUT2D eigenvalue weighted by Gasteiger charge is 2.22. The Hall–Kier alpha value is -3.32. The minimum atomic E-state index is -3.98. The minimum Gasteiger partial charge on any atom is -0.493 e. The normalized spacial score (nSPS) is 11.5. The molecule has 13 heteroatoms. The SMILES string of the molecule is COc1cc(C(C)=O)cc(CNc2cc(C(C)=O)cc(OC)c2OS(C)(=O)=O)c1OS(C)(=O)=O. The fraction of sp³-hybridized carbons (Fsp3) is 0.333. The van der Waals surface area contributed by atoms with E-state index in [4.69, 9.17) is 17.8 Å². The quantitative estimate of drug-likeness (QED) is 0.347. The number of benzene rings is 2. The lowest BCUT2D eigenvalue weighted by molar-refractivity contribution is 0.100. The fourth-order valence-electron chi connectivity index (χ4n) is 2.91. The first-order valence-electron chi connectivity index (χ1n) is 9.62. The van der Waals surface area contributed by atoms with E-state index in [1.807, 2.05) is 0 Å². The standard InChI is InChI=1S/C21H25NO10S2/c1-12(23)14-7-16(20(18(9-14)29-3)31-33(5,25)26)11-22-17-8-15(13(2)24)10-19(30-4)21(17)32-34(6,27)28/h7-10,22H,11H2,1-6H3. The van der Waals surface area contributed by atoms with Crippen LogP contribution >= 0.6 is 0 Å². The molecule has 34 heavy (non-hydrogen) atoms. The molecule has 0 radical (unpaired) electrons. The highest BCUT2D eigenvalue weighted by atomic mass is 32.2. The molecule has 2 aromatic carbocycles. The van der Waals surface area contributed by atoms with E-state index in [0.29, 0.717) is 0 Å². The minimum absolute atomic E-state index is 0.00222. The average molecular weight is 516 g/mol. The van der Waals surface area contributed by atoms with Crippen LogP contribution < -0.4 is 23.2 Å². The second kappa shape index (κ2) is 10.3. The maximum Gasteiger partial charge on any atom is 0.306 e. The van der Waals surface area contributed by atoms with Crippen molar-refractivity contribution in [3.63, 3.8) is 0 Å². The molecule has 0 aliphatic rings. The zero-order valence-corrected chi connectivity index (χ0v) is 21.0. The van der Waals surface area contributed by atoms with Gasteiger partial charge in [-0.25, -0.2) is 0 Å². The number of ether oxygens (including phenoxy) is 2. The predicted molar refractivity (Wildman–Crippen MR) is 124 cm³/mol. The van der Waals surface area contributed by atoms with Crippen molar-refractivity contribution in [3.8, 4) is 23.0 Å². The summed E-state index contributed by atoms with van der Waals surface area (Å²) in [5.74, 6) is -1.04. The second-order valence-corrected chi connectivity index (χ2v) is 10.4. The first-order valence-corrected chi connectivity index (χ1v) is 13.3. The number of nitrogens with one attached hydrogen (secondary N) is 1. The Kier molecular flexibility index (Phi) is 8.16. The molecule has 0 heterocycles. The summed E-state index contributed by atoms with van der Waals surface area (Å²) < 4.78 is 67.8. The van der Waals surface area contributed by atoms with Crippen LogP contribution in [0.3, 0.4) is 0 Å². The summed E-state index contributed by atoms with van der Waals surface area (Å²) in [4.78, 5) is 23.9. The number of anilines is 1. The van der Waals surface area contributed by atoms with E-state index in [2.05, 4.69) is 5.32 Å². The largest absolute Gasteiger partial charge is 0.493 e. The van der Waals surface area contributed by atoms with Crippen molar-refractivity contribution in [2.75, 3.05) is 32.0 Å². The third-order valence-electron chi connectivity index (χ3n) is 4.38. The Balaban J connectivity index is 2.66. The molecule has 0 bridgehead atoms. The molecule has 0 spiro atoms. The maximum atomic E-state index is 12.0. The van der Waals surface area contributed by atoms with Crippen LogP contribution in [-0.4, -0.2) is 55.1 Å². The Morgan fingerprint density at radius 3 is 1.65 bits per heavy atom. The first-order chi connectivity index (χ1) is 15.6. The van der Waals surface area contributed by atoms with Gasteiger partial charge in [-0.05, 0) is 38.1 Å². The number of rotatable bonds is 11. The van der Waals surface area contributed by atoms with Gasteiger partial charge in [0.2, 0.25) is 5.75 Å². The summed E-state index contributed by atoms with van der Waals surface area (Å²) in [6, 6.07) is 5.42. The number of methoxy groups -OCH3 is 2. The molecule has 0 fully saturated rings. The van der Waals surface area contributed by atoms with E-state index < -0.39 is 20.2 Å². The monoisotopic (exact) mass is 515 g/mol. The van der Waals surface area contributed by atoms with Crippen LogP contribution in [-0.2, 0) is 26.8 Å². The van der Waals surface area contributed by atoms with E-state index in [1.54, 1.807) is 0 Å². The van der Waals surface area contributed by atoms with Crippen LogP contribution in [0.1, 0.15) is 40.1 Å². The van der Waals surface area contributed by atoms with Crippen molar-refractivity contribution < 1.29 is 44.3 Å². The van der Waals surface area contributed by atoms with E-state index in [0.717, 1.165) is 12.5 Å². The van der Waals surface area contributed by atoms with Crippen molar-refractivity contribution in [1.29, 1.82) is 0 Å². The van der Waals surface area contributed by atoms with Gasteiger partial charge in [-0.1, -0.05) is 0 Å². The van der Waals surface area contributed by atoms with Gasteiger partial charge in [-0.15, -0.1) is 0 Å². The van der Waals surface area contributed by atoms with Gasteiger partial charge >= 0.3 is 20.2 Å². The number of carbonyl (C=O) groups excluding carboxylic acids is 2. The lowest BCUT2D eigenvalue weighted by Gasteiger charge is -2.19. The number of carbonyl (C=O) groups is 2. The summed E-state index contributed by atoms with van der Waals surface area (Å²) in [6.07, 6.45) is 1.69. The second-order valence-electron chi connectivity index (χ2n) is 7.26. The fourth-order valence-corrected chi connectivity index (χ4v) is 3.87. The molecule has 0 saturated carbocycles. The Labute approximate surface area is 198 Å². The summed E-state index contributed by atoms with van der Waals surface area (Å²) in [7, 11) is -5.40. The van der Waals surface area contributed by atoms with E-state index >= 15 is 0 Å². The van der Waals surface area contributed by atoms with Gasteiger partial charge in [0.25, 0.3) is 0 Å². The van der Waals surface area contributed by atoms with Gasteiger partial charge in [0.1, 0.15) is 0 Å². The molecule has 11 nitrogen and oxygen atoms in total. The van der Waals surface area contributed by atoms with E-state index in [9.17, 15) is 26.4 Å². The molecular formula is C21H25NO10S2. The van der Waals surface area contributed by atoms with Crippen molar-refractivity contribution in [2.45, 2.75) is 20.4 Å². The zero-order valence-electron chi connectivity index (χ0n) is 19.4. The predicted octanol–water partition coefficient (Wildman–Crippen LogP) is 2.40. The van der Waals surface area contributed by atoms with Gasteiger partial charge in [0, 0.05) is 23.2 Å². The Morgan fingerprint density at radius 2 is 1.21 bits per heavy atom. The number of Topliss-reactive ketones (excluding diaryl/α,β-unsaturated/α-hetero) is 2. The van der Waals surface area contributed by atoms with Crippen molar-refractivity contribution >= 4 is 37.5 Å². The summed E-state index contributed by atoms with van der Waals surface area (Å²) >= 11 is 0. The van der Waals surface area contributed by atoms with Crippen LogP contribution in [0.4, 0.5) is 5.69 Å². The smallest absolute Gasteiger partial charge is 0.306 e. The lowest BCUT2D eigenvalue weighted by Crippen LogP contribution is -2.13.